The number of fused-ring (bicyclic) bond motifs is 1. The van der Waals surface area contributed by atoms with E-state index >= 15 is 0 Å². The van der Waals surface area contributed by atoms with Gasteiger partial charge in [0.05, 0.1) is 19.7 Å². The van der Waals surface area contributed by atoms with Crippen molar-refractivity contribution in [2.24, 2.45) is 5.73 Å². The molecule has 5 heteroatoms. The van der Waals surface area contributed by atoms with Crippen LogP contribution < -0.4 is 10.5 Å². The highest BCUT2D eigenvalue weighted by Crippen LogP contribution is 2.26. The first-order valence-corrected chi connectivity index (χ1v) is 7.39. The van der Waals surface area contributed by atoms with E-state index in [1.54, 1.807) is 6.07 Å². The van der Waals surface area contributed by atoms with Crippen molar-refractivity contribution in [3.05, 3.63) is 29.3 Å². The van der Waals surface area contributed by atoms with E-state index in [9.17, 15) is 9.59 Å². The molecule has 2 N–H and O–H groups in total. The number of hydrogen-bond acceptors (Lipinski definition) is 4. The molecule has 0 radical (unpaired) electrons. The van der Waals surface area contributed by atoms with Crippen LogP contribution in [0.2, 0.25) is 0 Å². The molecular weight excluding hydrogens is 268 g/mol. The lowest BCUT2D eigenvalue weighted by Crippen LogP contribution is -2.38. The van der Waals surface area contributed by atoms with Gasteiger partial charge in [-0.2, -0.15) is 0 Å². The van der Waals surface area contributed by atoms with Gasteiger partial charge in [0.15, 0.2) is 5.78 Å². The molecule has 0 spiro atoms. The average Bonchev–Trinajstić information content (AvgIpc) is 2.91. The molecule has 1 heterocycles. The van der Waals surface area contributed by atoms with Gasteiger partial charge in [0.25, 0.3) is 0 Å². The monoisotopic (exact) mass is 290 g/mol. The van der Waals surface area contributed by atoms with Crippen LogP contribution >= 0.6 is 0 Å². The zero-order valence-electron chi connectivity index (χ0n) is 12.4. The maximum atomic E-state index is 12.4. The van der Waals surface area contributed by atoms with Crippen molar-refractivity contribution in [1.82, 2.24) is 4.90 Å². The first kappa shape index (κ1) is 15.5. The van der Waals surface area contributed by atoms with Crippen molar-refractivity contribution in [2.45, 2.75) is 26.2 Å². The van der Waals surface area contributed by atoms with Crippen molar-refractivity contribution in [3.8, 4) is 5.75 Å². The Balaban J connectivity index is 2.02. The number of amides is 1. The molecule has 1 amide bonds. The largest absolute Gasteiger partial charge is 0.493 e. The normalized spacial score (nSPS) is 13.0. The van der Waals surface area contributed by atoms with Crippen LogP contribution in [0.5, 0.6) is 5.75 Å². The summed E-state index contributed by atoms with van der Waals surface area (Å²) in [5.41, 5.74) is 7.00. The lowest BCUT2D eigenvalue weighted by molar-refractivity contribution is -0.119. The van der Waals surface area contributed by atoms with Gasteiger partial charge in [-0.1, -0.05) is 13.3 Å². The van der Waals surface area contributed by atoms with E-state index in [0.29, 0.717) is 18.7 Å². The zero-order valence-corrected chi connectivity index (χ0v) is 12.4. The summed E-state index contributed by atoms with van der Waals surface area (Å²) < 4.78 is 5.44. The number of carbonyl (C=O) groups excluding carboxylic acids is 2. The number of primary amides is 1. The molecule has 1 aliphatic heterocycles. The van der Waals surface area contributed by atoms with Crippen LogP contribution in [0.4, 0.5) is 0 Å². The zero-order chi connectivity index (χ0) is 15.2. The summed E-state index contributed by atoms with van der Waals surface area (Å²) in [4.78, 5) is 25.3. The Bertz CT molecular complexity index is 528. The first-order valence-electron chi connectivity index (χ1n) is 7.39. The molecule has 0 fully saturated rings. The second-order valence-electron chi connectivity index (χ2n) is 5.37. The minimum Gasteiger partial charge on any atom is -0.493 e. The average molecular weight is 290 g/mol. The molecule has 0 saturated carbocycles. The number of benzene rings is 1. The third kappa shape index (κ3) is 4.29. The summed E-state index contributed by atoms with van der Waals surface area (Å²) in [5, 5.41) is 0. The topological polar surface area (TPSA) is 72.6 Å². The summed E-state index contributed by atoms with van der Waals surface area (Å²) in [6, 6.07) is 5.53. The summed E-state index contributed by atoms with van der Waals surface area (Å²) in [7, 11) is 0. The van der Waals surface area contributed by atoms with Crippen LogP contribution in [0.3, 0.4) is 0 Å². The second-order valence-corrected chi connectivity index (χ2v) is 5.37. The third-order valence-corrected chi connectivity index (χ3v) is 3.59. The number of hydrogen-bond donors (Lipinski definition) is 1. The molecule has 1 aromatic rings. The quantitative estimate of drug-likeness (QED) is 0.734. The molecule has 5 nitrogen and oxygen atoms in total. The predicted octanol–water partition coefficient (Wildman–Crippen LogP) is 1.39. The van der Waals surface area contributed by atoms with Crippen LogP contribution in [0.15, 0.2) is 18.2 Å². The number of ketones is 1. The van der Waals surface area contributed by atoms with Gasteiger partial charge in [-0.25, -0.2) is 0 Å². The molecule has 0 aromatic heterocycles. The van der Waals surface area contributed by atoms with Gasteiger partial charge in [-0.3, -0.25) is 14.5 Å². The molecule has 0 atom stereocenters. The number of nitrogens with zero attached hydrogens (tertiary/aromatic N) is 1. The summed E-state index contributed by atoms with van der Waals surface area (Å²) in [6.45, 7) is 3.81. The summed E-state index contributed by atoms with van der Waals surface area (Å²) >= 11 is 0. The van der Waals surface area contributed by atoms with Gasteiger partial charge in [-0.05, 0) is 36.7 Å². The first-order chi connectivity index (χ1) is 10.1. The Morgan fingerprint density at radius 3 is 2.86 bits per heavy atom. The summed E-state index contributed by atoms with van der Waals surface area (Å²) in [6.07, 6.45) is 2.80. The van der Waals surface area contributed by atoms with E-state index in [4.69, 9.17) is 10.5 Å². The third-order valence-electron chi connectivity index (χ3n) is 3.59. The minimum atomic E-state index is -0.402. The number of unbranched alkanes of at least 4 members (excludes halogenated alkanes) is 1. The van der Waals surface area contributed by atoms with Gasteiger partial charge >= 0.3 is 0 Å². The van der Waals surface area contributed by atoms with Crippen LogP contribution in [-0.4, -0.2) is 42.8 Å². The van der Waals surface area contributed by atoms with Crippen molar-refractivity contribution in [2.75, 3.05) is 26.2 Å². The minimum absolute atomic E-state index is 0.0158. The van der Waals surface area contributed by atoms with Crippen molar-refractivity contribution in [3.63, 3.8) is 0 Å². The van der Waals surface area contributed by atoms with Gasteiger partial charge in [0, 0.05) is 12.0 Å². The van der Waals surface area contributed by atoms with Crippen LogP contribution in [0.1, 0.15) is 35.7 Å². The Morgan fingerprint density at radius 2 is 2.14 bits per heavy atom. The van der Waals surface area contributed by atoms with Gasteiger partial charge in [-0.15, -0.1) is 0 Å². The van der Waals surface area contributed by atoms with Gasteiger partial charge < -0.3 is 10.5 Å². The Labute approximate surface area is 125 Å². The van der Waals surface area contributed by atoms with E-state index in [-0.39, 0.29) is 18.9 Å². The van der Waals surface area contributed by atoms with Crippen molar-refractivity contribution < 1.29 is 14.3 Å². The van der Waals surface area contributed by atoms with Gasteiger partial charge in [0.1, 0.15) is 5.75 Å². The molecule has 0 bridgehead atoms. The van der Waals surface area contributed by atoms with Crippen molar-refractivity contribution >= 4 is 11.7 Å². The highest BCUT2D eigenvalue weighted by molar-refractivity contribution is 5.98. The highest BCUT2D eigenvalue weighted by Gasteiger charge is 2.17. The molecule has 1 aliphatic rings. The Kier molecular flexibility index (Phi) is 5.33. The number of ether oxygens (including phenoxy) is 1. The second kappa shape index (κ2) is 7.22. The van der Waals surface area contributed by atoms with E-state index in [2.05, 4.69) is 6.92 Å². The lowest BCUT2D eigenvalue weighted by atomic mass is 10.0. The number of rotatable bonds is 8. The fraction of sp³-hybridized carbons (Fsp3) is 0.500. The SMILES string of the molecule is CCCCN(CC(N)=O)CC(=O)c1ccc2c(c1)CCO2. The molecule has 1 aromatic carbocycles. The lowest BCUT2D eigenvalue weighted by Gasteiger charge is -2.19. The molecule has 2 rings (SSSR count). The van der Waals surface area contributed by atoms with Crippen LogP contribution in [-0.2, 0) is 11.2 Å². The van der Waals surface area contributed by atoms with Crippen LogP contribution in [0, 0.1) is 0 Å². The fourth-order valence-corrected chi connectivity index (χ4v) is 2.47. The number of carbonyl (C=O) groups is 2. The molecule has 0 unspecified atom stereocenters. The van der Waals surface area contributed by atoms with E-state index in [0.717, 1.165) is 30.6 Å². The molecule has 0 aliphatic carbocycles. The highest BCUT2D eigenvalue weighted by atomic mass is 16.5. The van der Waals surface area contributed by atoms with Crippen molar-refractivity contribution in [1.29, 1.82) is 0 Å². The maximum Gasteiger partial charge on any atom is 0.231 e. The van der Waals surface area contributed by atoms with E-state index < -0.39 is 5.91 Å². The Hall–Kier alpha value is -1.88. The van der Waals surface area contributed by atoms with E-state index in [1.165, 1.54) is 0 Å². The molecule has 114 valence electrons. The molecule has 21 heavy (non-hydrogen) atoms. The predicted molar refractivity (Wildman–Crippen MR) is 80.5 cm³/mol. The standard InChI is InChI=1S/C16H22N2O3/c1-2-3-7-18(11-16(17)20)10-14(19)12-4-5-15-13(9-12)6-8-21-15/h4-5,9H,2-3,6-8,10-11H2,1H3,(H2,17,20). The van der Waals surface area contributed by atoms with Crippen LogP contribution in [0.25, 0.3) is 0 Å². The Morgan fingerprint density at radius 1 is 1.33 bits per heavy atom. The fourth-order valence-electron chi connectivity index (χ4n) is 2.47. The van der Waals surface area contributed by atoms with E-state index in [1.807, 2.05) is 17.0 Å². The molecule has 0 saturated heterocycles. The number of nitrogens with two attached hydrogens (primary N) is 1. The maximum absolute atomic E-state index is 12.4. The van der Waals surface area contributed by atoms with Gasteiger partial charge in [0.2, 0.25) is 5.91 Å². The smallest absolute Gasteiger partial charge is 0.231 e. The molecular formula is C16H22N2O3. The summed E-state index contributed by atoms with van der Waals surface area (Å²) in [5.74, 6) is 0.481. The number of Topliss-reactive ketones (excluding diaryl/α,β-unsaturated/α-hetero) is 1.